The van der Waals surface area contributed by atoms with Crippen LogP contribution in [0.1, 0.15) is 20.7 Å². The molecule has 0 saturated carbocycles. The zero-order chi connectivity index (χ0) is 9.14. The van der Waals surface area contributed by atoms with Crippen LogP contribution in [0.4, 0.5) is 0 Å². The second-order valence-corrected chi connectivity index (χ2v) is 2.19. The van der Waals surface area contributed by atoms with Gasteiger partial charge in [-0.05, 0) is 18.2 Å². The smallest absolute Gasteiger partial charge is 0.478 e. The zero-order valence-electron chi connectivity index (χ0n) is 8.02. The second kappa shape index (κ2) is 6.59. The summed E-state index contributed by atoms with van der Waals surface area (Å²) in [5, 5.41) is 17.0. The van der Waals surface area contributed by atoms with Gasteiger partial charge in [-0.15, -0.1) is 0 Å². The molecule has 0 amide bonds. The van der Waals surface area contributed by atoms with Crippen LogP contribution in [0, 0.1) is 7.43 Å². The average molecular weight is 204 g/mol. The predicted molar refractivity (Wildman–Crippen MR) is 46.8 cm³/mol. The average Bonchev–Trinajstić information content (AvgIpc) is 2.04. The van der Waals surface area contributed by atoms with Crippen molar-refractivity contribution in [3.63, 3.8) is 0 Å². The van der Waals surface area contributed by atoms with Crippen LogP contribution in [0.25, 0.3) is 0 Å². The third kappa shape index (κ3) is 3.91. The number of carboxylic acids is 2. The Balaban J connectivity index is 0. The molecule has 0 atom stereocenters. The summed E-state index contributed by atoms with van der Waals surface area (Å²) >= 11 is 0. The van der Waals surface area contributed by atoms with Crippen molar-refractivity contribution < 1.29 is 49.4 Å². The molecule has 0 heterocycles. The van der Waals surface area contributed by atoms with Crippen molar-refractivity contribution in [2.24, 2.45) is 0 Å². The molecule has 70 valence electrons. The van der Waals surface area contributed by atoms with E-state index < -0.39 is 11.9 Å². The fourth-order valence-corrected chi connectivity index (χ4v) is 0.785. The first kappa shape index (κ1) is 15.6. The van der Waals surface area contributed by atoms with E-state index in [1.807, 2.05) is 0 Å². The minimum atomic E-state index is -1.13. The van der Waals surface area contributed by atoms with Gasteiger partial charge in [-0.3, -0.25) is 0 Å². The summed E-state index contributed by atoms with van der Waals surface area (Å²) in [5.41, 5.74) is -0.0372. The molecule has 0 aliphatic heterocycles. The monoisotopic (exact) mass is 204 g/mol. The van der Waals surface area contributed by atoms with E-state index in [2.05, 4.69) is 0 Å². The Morgan fingerprint density at radius 2 is 1.36 bits per heavy atom. The number of carbonyl (C=O) groups is 2. The first-order valence-corrected chi connectivity index (χ1v) is 3.18. The largest absolute Gasteiger partial charge is 1.00 e. The summed E-state index contributed by atoms with van der Waals surface area (Å²) < 4.78 is 0. The molecule has 0 spiro atoms. The Kier molecular flexibility index (Phi) is 7.35. The van der Waals surface area contributed by atoms with Crippen LogP contribution in [0.3, 0.4) is 0 Å². The molecule has 1 rings (SSSR count). The van der Waals surface area contributed by atoms with E-state index >= 15 is 0 Å². The van der Waals surface area contributed by atoms with Gasteiger partial charge in [0.2, 0.25) is 0 Å². The Bertz CT molecular complexity index is 306. The molecular formula is C9H9NaO4. The zero-order valence-corrected chi connectivity index (χ0v) is 10.0. The van der Waals surface area contributed by atoms with Crippen molar-refractivity contribution in [2.75, 3.05) is 0 Å². The molecule has 0 aromatic heterocycles. The van der Waals surface area contributed by atoms with Crippen molar-refractivity contribution in [3.05, 3.63) is 42.8 Å². The molecule has 0 bridgehead atoms. The third-order valence-electron chi connectivity index (χ3n) is 1.36. The number of aromatic carboxylic acids is 2. The van der Waals surface area contributed by atoms with Gasteiger partial charge in [0, 0.05) is 0 Å². The van der Waals surface area contributed by atoms with Crippen molar-refractivity contribution in [3.8, 4) is 0 Å². The fraction of sp³-hybridized carbons (Fsp3) is 0. The number of benzene rings is 1. The maximum Gasteiger partial charge on any atom is 1.00 e. The van der Waals surface area contributed by atoms with E-state index in [1.165, 1.54) is 18.2 Å². The van der Waals surface area contributed by atoms with Crippen molar-refractivity contribution in [1.29, 1.82) is 0 Å². The SMILES string of the molecule is O=C(O)c1cccc(C(=O)O)c1.[CH3-].[Na+]. The minimum absolute atomic E-state index is 0. The van der Waals surface area contributed by atoms with Gasteiger partial charge in [-0.2, -0.15) is 0 Å². The maximum atomic E-state index is 10.4. The molecule has 0 saturated heterocycles. The standard InChI is InChI=1S/C8H6O4.CH3.Na/c9-7(10)5-2-1-3-6(4-5)8(11)12;;/h1-4H,(H,9,10)(H,11,12);1H3;/q;-1;+1. The van der Waals surface area contributed by atoms with Gasteiger partial charge in [0.25, 0.3) is 0 Å². The maximum absolute atomic E-state index is 10.4. The molecule has 0 fully saturated rings. The van der Waals surface area contributed by atoms with Crippen LogP contribution in [0.15, 0.2) is 24.3 Å². The van der Waals surface area contributed by atoms with Crippen molar-refractivity contribution in [2.45, 2.75) is 0 Å². The van der Waals surface area contributed by atoms with Gasteiger partial charge in [0.1, 0.15) is 0 Å². The Hall–Kier alpha value is -0.840. The van der Waals surface area contributed by atoms with Crippen LogP contribution in [0.2, 0.25) is 0 Å². The van der Waals surface area contributed by atoms with Gasteiger partial charge in [-0.1, -0.05) is 6.07 Å². The normalized spacial score (nSPS) is 8.00. The first-order chi connectivity index (χ1) is 5.61. The summed E-state index contributed by atoms with van der Waals surface area (Å²) in [6, 6.07) is 5.20. The summed E-state index contributed by atoms with van der Waals surface area (Å²) in [5.74, 6) is -2.25. The molecule has 0 aliphatic carbocycles. The van der Waals surface area contributed by atoms with E-state index in [4.69, 9.17) is 10.2 Å². The van der Waals surface area contributed by atoms with Crippen LogP contribution >= 0.6 is 0 Å². The van der Waals surface area contributed by atoms with E-state index in [0.29, 0.717) is 0 Å². The molecule has 4 nitrogen and oxygen atoms in total. The molecule has 1 aromatic carbocycles. The van der Waals surface area contributed by atoms with Gasteiger partial charge < -0.3 is 17.6 Å². The molecular weight excluding hydrogens is 195 g/mol. The summed E-state index contributed by atoms with van der Waals surface area (Å²) in [4.78, 5) is 20.8. The van der Waals surface area contributed by atoms with Gasteiger partial charge in [0.05, 0.1) is 11.1 Å². The van der Waals surface area contributed by atoms with Gasteiger partial charge in [-0.25, -0.2) is 9.59 Å². The van der Waals surface area contributed by atoms with Crippen molar-refractivity contribution in [1.82, 2.24) is 0 Å². The first-order valence-electron chi connectivity index (χ1n) is 3.18. The molecule has 14 heavy (non-hydrogen) atoms. The number of hydrogen-bond acceptors (Lipinski definition) is 2. The van der Waals surface area contributed by atoms with Crippen molar-refractivity contribution >= 4 is 11.9 Å². The number of rotatable bonds is 2. The van der Waals surface area contributed by atoms with E-state index in [9.17, 15) is 9.59 Å². The summed E-state index contributed by atoms with van der Waals surface area (Å²) in [6.07, 6.45) is 0. The van der Waals surface area contributed by atoms with E-state index in [1.54, 1.807) is 0 Å². The predicted octanol–water partition coefficient (Wildman–Crippen LogP) is -1.46. The molecule has 2 N–H and O–H groups in total. The van der Waals surface area contributed by atoms with Crippen LogP contribution in [-0.2, 0) is 0 Å². The van der Waals surface area contributed by atoms with Crippen LogP contribution in [-0.4, -0.2) is 22.2 Å². The molecule has 0 unspecified atom stereocenters. The molecule has 5 heteroatoms. The Morgan fingerprint density at radius 1 is 1.00 bits per heavy atom. The summed E-state index contributed by atoms with van der Waals surface area (Å²) in [6.45, 7) is 0. The Labute approximate surface area is 104 Å². The molecule has 0 radical (unpaired) electrons. The molecule has 1 aromatic rings. The Morgan fingerprint density at radius 3 is 1.64 bits per heavy atom. The third-order valence-corrected chi connectivity index (χ3v) is 1.36. The fourth-order valence-electron chi connectivity index (χ4n) is 0.785. The van der Waals surface area contributed by atoms with E-state index in [-0.39, 0.29) is 48.1 Å². The minimum Gasteiger partial charge on any atom is -0.478 e. The van der Waals surface area contributed by atoms with E-state index in [0.717, 1.165) is 6.07 Å². The van der Waals surface area contributed by atoms with Crippen LogP contribution in [0.5, 0.6) is 0 Å². The second-order valence-electron chi connectivity index (χ2n) is 2.19. The number of carboxylic acid groups (broad SMARTS) is 2. The summed E-state index contributed by atoms with van der Waals surface area (Å²) in [7, 11) is 0. The topological polar surface area (TPSA) is 74.6 Å². The van der Waals surface area contributed by atoms with Gasteiger partial charge in [0.15, 0.2) is 0 Å². The van der Waals surface area contributed by atoms with Gasteiger partial charge >= 0.3 is 41.5 Å². The molecule has 0 aliphatic rings. The quantitative estimate of drug-likeness (QED) is 0.456. The van der Waals surface area contributed by atoms with Crippen LogP contribution < -0.4 is 29.6 Å². The number of hydrogen-bond donors (Lipinski definition) is 2.